The summed E-state index contributed by atoms with van der Waals surface area (Å²) < 4.78 is 0. The normalized spacial score (nSPS) is 12.8. The molecule has 0 saturated heterocycles. The first-order valence-corrected chi connectivity index (χ1v) is 8.01. The third-order valence-corrected chi connectivity index (χ3v) is 4.60. The first-order chi connectivity index (χ1) is 8.70. The first-order valence-electron chi connectivity index (χ1n) is 6.25. The van der Waals surface area contributed by atoms with Crippen LogP contribution < -0.4 is 5.32 Å². The van der Waals surface area contributed by atoms with Gasteiger partial charge in [-0.25, -0.2) is 9.97 Å². The van der Waals surface area contributed by atoms with E-state index in [1.165, 1.54) is 9.88 Å². The van der Waals surface area contributed by atoms with E-state index in [0.29, 0.717) is 6.04 Å². The molecule has 1 atom stereocenters. The summed E-state index contributed by atoms with van der Waals surface area (Å²) >= 11 is 3.45. The van der Waals surface area contributed by atoms with Crippen LogP contribution in [0, 0.1) is 13.8 Å². The summed E-state index contributed by atoms with van der Waals surface area (Å²) in [6.45, 7) is 7.41. The van der Waals surface area contributed by atoms with Gasteiger partial charge in [0.05, 0.1) is 27.9 Å². The Balaban J connectivity index is 2.09. The summed E-state index contributed by atoms with van der Waals surface area (Å²) in [6, 6.07) is 0.293. The lowest BCUT2D eigenvalue weighted by atomic mass is 10.1. The topological polar surface area (TPSA) is 37.8 Å². The zero-order valence-corrected chi connectivity index (χ0v) is 12.7. The highest BCUT2D eigenvalue weighted by atomic mass is 32.1. The van der Waals surface area contributed by atoms with Gasteiger partial charge in [-0.05, 0) is 26.8 Å². The molecule has 2 aromatic rings. The Labute approximate surface area is 116 Å². The van der Waals surface area contributed by atoms with E-state index in [9.17, 15) is 0 Å². The Morgan fingerprint density at radius 3 is 2.78 bits per heavy atom. The second-order valence-electron chi connectivity index (χ2n) is 4.37. The molecule has 0 spiro atoms. The number of nitrogens with one attached hydrogen (secondary N) is 1. The van der Waals surface area contributed by atoms with Crippen LogP contribution in [0.5, 0.6) is 0 Å². The van der Waals surface area contributed by atoms with Crippen molar-refractivity contribution in [2.45, 2.75) is 39.7 Å². The molecule has 0 amide bonds. The fourth-order valence-electron chi connectivity index (χ4n) is 1.79. The molecule has 2 aromatic heterocycles. The van der Waals surface area contributed by atoms with Gasteiger partial charge in [0.25, 0.3) is 0 Å². The molecule has 0 aromatic carbocycles. The number of hydrogen-bond acceptors (Lipinski definition) is 5. The van der Waals surface area contributed by atoms with Crippen LogP contribution in [0.25, 0.3) is 0 Å². The van der Waals surface area contributed by atoms with Crippen molar-refractivity contribution in [1.29, 1.82) is 0 Å². The van der Waals surface area contributed by atoms with Crippen LogP contribution in [0.15, 0.2) is 10.9 Å². The molecular formula is C13H19N3S2. The van der Waals surface area contributed by atoms with Gasteiger partial charge in [-0.1, -0.05) is 6.92 Å². The Morgan fingerprint density at radius 2 is 2.22 bits per heavy atom. The number of aryl methyl sites for hydroxylation is 2. The van der Waals surface area contributed by atoms with Crippen molar-refractivity contribution in [2.24, 2.45) is 0 Å². The van der Waals surface area contributed by atoms with Gasteiger partial charge in [0, 0.05) is 16.7 Å². The smallest absolute Gasteiger partial charge is 0.0950 e. The molecule has 2 rings (SSSR count). The van der Waals surface area contributed by atoms with Crippen LogP contribution in [0.2, 0.25) is 0 Å². The first kappa shape index (κ1) is 13.6. The minimum Gasteiger partial charge on any atom is -0.308 e. The van der Waals surface area contributed by atoms with E-state index in [1.54, 1.807) is 22.7 Å². The fourth-order valence-corrected chi connectivity index (χ4v) is 3.38. The maximum absolute atomic E-state index is 4.62. The Morgan fingerprint density at radius 1 is 1.39 bits per heavy atom. The van der Waals surface area contributed by atoms with Crippen LogP contribution in [-0.2, 0) is 6.42 Å². The number of nitrogens with zero attached hydrogens (tertiary/aromatic N) is 2. The van der Waals surface area contributed by atoms with Gasteiger partial charge in [-0.3, -0.25) is 0 Å². The third-order valence-electron chi connectivity index (χ3n) is 2.90. The molecule has 3 nitrogen and oxygen atoms in total. The molecule has 0 saturated carbocycles. The van der Waals surface area contributed by atoms with E-state index in [4.69, 9.17) is 0 Å². The van der Waals surface area contributed by atoms with Crippen molar-refractivity contribution in [1.82, 2.24) is 15.3 Å². The summed E-state index contributed by atoms with van der Waals surface area (Å²) in [4.78, 5) is 10.4. The predicted molar refractivity (Wildman–Crippen MR) is 78.4 cm³/mol. The van der Waals surface area contributed by atoms with Crippen LogP contribution in [0.1, 0.15) is 40.7 Å². The maximum Gasteiger partial charge on any atom is 0.0950 e. The summed E-state index contributed by atoms with van der Waals surface area (Å²) in [5.41, 5.74) is 4.19. The molecular weight excluding hydrogens is 262 g/mol. The molecule has 0 aliphatic rings. The molecule has 0 aliphatic carbocycles. The minimum atomic E-state index is 0.293. The van der Waals surface area contributed by atoms with Gasteiger partial charge in [0.1, 0.15) is 0 Å². The van der Waals surface area contributed by atoms with E-state index in [-0.39, 0.29) is 0 Å². The largest absolute Gasteiger partial charge is 0.308 e. The zero-order chi connectivity index (χ0) is 13.0. The van der Waals surface area contributed by atoms with Crippen LogP contribution in [-0.4, -0.2) is 16.5 Å². The van der Waals surface area contributed by atoms with Gasteiger partial charge in [-0.15, -0.1) is 22.7 Å². The Bertz CT molecular complexity index is 457. The predicted octanol–water partition coefficient (Wildman–Crippen LogP) is 3.50. The van der Waals surface area contributed by atoms with Crippen molar-refractivity contribution >= 4 is 22.7 Å². The highest BCUT2D eigenvalue weighted by Crippen LogP contribution is 2.23. The summed E-state index contributed by atoms with van der Waals surface area (Å²) in [5.74, 6) is 0. The molecule has 0 fully saturated rings. The lowest BCUT2D eigenvalue weighted by molar-refractivity contribution is 0.519. The van der Waals surface area contributed by atoms with Gasteiger partial charge < -0.3 is 5.32 Å². The van der Waals surface area contributed by atoms with Crippen molar-refractivity contribution < 1.29 is 0 Å². The quantitative estimate of drug-likeness (QED) is 0.880. The Kier molecular flexibility index (Phi) is 4.86. The molecule has 1 N–H and O–H groups in total. The molecule has 18 heavy (non-hydrogen) atoms. The van der Waals surface area contributed by atoms with E-state index in [1.807, 2.05) is 5.51 Å². The minimum absolute atomic E-state index is 0.293. The number of aromatic nitrogens is 2. The van der Waals surface area contributed by atoms with E-state index < -0.39 is 0 Å². The van der Waals surface area contributed by atoms with Crippen molar-refractivity contribution in [3.05, 3.63) is 32.2 Å². The summed E-state index contributed by atoms with van der Waals surface area (Å²) in [7, 11) is 0. The SMILES string of the molecule is CCCNC(Cc1nc(C)c(C)s1)c1cscn1. The molecule has 2 heterocycles. The lowest BCUT2D eigenvalue weighted by Gasteiger charge is -2.14. The van der Waals surface area contributed by atoms with E-state index in [2.05, 4.69) is 41.4 Å². The second kappa shape index (κ2) is 6.41. The van der Waals surface area contributed by atoms with Gasteiger partial charge in [0.2, 0.25) is 0 Å². The number of thiazole rings is 2. The molecule has 0 bridgehead atoms. The Hall–Kier alpha value is -0.780. The highest BCUT2D eigenvalue weighted by molar-refractivity contribution is 7.11. The second-order valence-corrected chi connectivity index (χ2v) is 6.38. The van der Waals surface area contributed by atoms with Crippen molar-refractivity contribution in [3.8, 4) is 0 Å². The van der Waals surface area contributed by atoms with Gasteiger partial charge in [0.15, 0.2) is 0 Å². The standard InChI is InChI=1S/C13H19N3S2/c1-4-5-14-11(12-7-17-8-15-12)6-13-16-9(2)10(3)18-13/h7-8,11,14H,4-6H2,1-3H3. The van der Waals surface area contributed by atoms with E-state index >= 15 is 0 Å². The van der Waals surface area contributed by atoms with Crippen LogP contribution in [0.4, 0.5) is 0 Å². The molecule has 0 aliphatic heterocycles. The molecule has 98 valence electrons. The fraction of sp³-hybridized carbons (Fsp3) is 0.538. The zero-order valence-electron chi connectivity index (χ0n) is 11.1. The summed E-state index contributed by atoms with van der Waals surface area (Å²) in [6.07, 6.45) is 2.07. The molecule has 5 heteroatoms. The van der Waals surface area contributed by atoms with Gasteiger partial charge in [-0.2, -0.15) is 0 Å². The van der Waals surface area contributed by atoms with E-state index in [0.717, 1.165) is 30.8 Å². The van der Waals surface area contributed by atoms with Gasteiger partial charge >= 0.3 is 0 Å². The third kappa shape index (κ3) is 3.37. The average molecular weight is 281 g/mol. The monoisotopic (exact) mass is 281 g/mol. The molecule has 1 unspecified atom stereocenters. The molecule has 0 radical (unpaired) electrons. The maximum atomic E-state index is 4.62. The van der Waals surface area contributed by atoms with Crippen molar-refractivity contribution in [3.63, 3.8) is 0 Å². The lowest BCUT2D eigenvalue weighted by Crippen LogP contribution is -2.24. The van der Waals surface area contributed by atoms with Crippen LogP contribution in [0.3, 0.4) is 0 Å². The summed E-state index contributed by atoms with van der Waals surface area (Å²) in [5, 5.41) is 6.89. The average Bonchev–Trinajstić information content (AvgIpc) is 2.96. The highest BCUT2D eigenvalue weighted by Gasteiger charge is 2.16. The number of rotatable bonds is 6. The van der Waals surface area contributed by atoms with Crippen LogP contribution >= 0.6 is 22.7 Å². The number of hydrogen-bond donors (Lipinski definition) is 1. The van der Waals surface area contributed by atoms with Crippen molar-refractivity contribution in [2.75, 3.05) is 6.54 Å².